The monoisotopic (exact) mass is 538 g/mol. The number of amides is 1. The summed E-state index contributed by atoms with van der Waals surface area (Å²) in [5, 5.41) is 12.0. The van der Waals surface area contributed by atoms with Crippen molar-refractivity contribution in [1.82, 2.24) is 9.80 Å². The number of carbonyl (C=O) groups excluding carboxylic acids is 1. The molecule has 1 N–H and O–H groups in total. The first-order valence-corrected chi connectivity index (χ1v) is 13.5. The zero-order valence-corrected chi connectivity index (χ0v) is 22.8. The Bertz CT molecular complexity index is 1100. The molecule has 0 atom stereocenters. The van der Waals surface area contributed by atoms with E-state index in [1.807, 2.05) is 60.7 Å². The van der Waals surface area contributed by atoms with E-state index >= 15 is 0 Å². The fourth-order valence-electron chi connectivity index (χ4n) is 5.97. The lowest BCUT2D eigenvalue weighted by Crippen LogP contribution is -2.50. The second-order valence-electron chi connectivity index (χ2n) is 10.3. The largest absolute Gasteiger partial charge is 0.385 e. The number of hydrogen-bond acceptors (Lipinski definition) is 3. The lowest BCUT2D eigenvalue weighted by Gasteiger charge is -2.41. The number of piperidine rings is 1. The molecule has 2 aliphatic rings. The molecule has 6 heteroatoms. The molecule has 0 aromatic heterocycles. The molecule has 37 heavy (non-hydrogen) atoms. The van der Waals surface area contributed by atoms with Gasteiger partial charge in [-0.2, -0.15) is 0 Å². The maximum absolute atomic E-state index is 14.3. The molecule has 196 valence electrons. The van der Waals surface area contributed by atoms with Crippen LogP contribution in [0.15, 0.2) is 84.9 Å². The van der Waals surface area contributed by atoms with Crippen molar-refractivity contribution in [2.75, 3.05) is 32.7 Å². The van der Waals surface area contributed by atoms with Gasteiger partial charge in [-0.15, -0.1) is 12.4 Å². The zero-order valence-electron chi connectivity index (χ0n) is 21.2. The molecule has 0 bridgehead atoms. The van der Waals surface area contributed by atoms with Crippen molar-refractivity contribution >= 4 is 29.9 Å². The predicted molar refractivity (Wildman–Crippen MR) is 152 cm³/mol. The number of likely N-dealkylation sites (tertiary alicyclic amines) is 2. The van der Waals surface area contributed by atoms with Crippen molar-refractivity contribution in [3.8, 4) is 0 Å². The van der Waals surface area contributed by atoms with E-state index in [-0.39, 0.29) is 18.3 Å². The lowest BCUT2D eigenvalue weighted by molar-refractivity contribution is -0.135. The van der Waals surface area contributed by atoms with Gasteiger partial charge in [-0.05, 0) is 67.5 Å². The maximum atomic E-state index is 14.3. The third-order valence-electron chi connectivity index (χ3n) is 8.16. The molecule has 0 spiro atoms. The first kappa shape index (κ1) is 27.7. The van der Waals surface area contributed by atoms with Crippen LogP contribution in [0.4, 0.5) is 0 Å². The van der Waals surface area contributed by atoms with E-state index in [4.69, 9.17) is 11.6 Å². The topological polar surface area (TPSA) is 43.8 Å². The van der Waals surface area contributed by atoms with Crippen LogP contribution in [0.3, 0.4) is 0 Å². The second-order valence-corrected chi connectivity index (χ2v) is 10.7. The molecule has 0 unspecified atom stereocenters. The van der Waals surface area contributed by atoms with Crippen LogP contribution in [-0.4, -0.2) is 53.5 Å². The van der Waals surface area contributed by atoms with Crippen molar-refractivity contribution in [3.63, 3.8) is 0 Å². The fourth-order valence-corrected chi connectivity index (χ4v) is 6.09. The average Bonchev–Trinajstić information content (AvgIpc) is 3.47. The second kappa shape index (κ2) is 12.0. The third-order valence-corrected chi connectivity index (χ3v) is 8.41. The summed E-state index contributed by atoms with van der Waals surface area (Å²) in [4.78, 5) is 18.8. The van der Waals surface area contributed by atoms with Gasteiger partial charge in [-0.25, -0.2) is 0 Å². The number of nitrogens with zero attached hydrogens (tertiary/aromatic N) is 2. The Morgan fingerprint density at radius 1 is 0.811 bits per heavy atom. The maximum Gasteiger partial charge on any atom is 0.237 e. The van der Waals surface area contributed by atoms with E-state index < -0.39 is 11.0 Å². The Kier molecular flexibility index (Phi) is 8.97. The number of halogens is 2. The van der Waals surface area contributed by atoms with Gasteiger partial charge < -0.3 is 14.9 Å². The quantitative estimate of drug-likeness (QED) is 0.398. The van der Waals surface area contributed by atoms with Crippen molar-refractivity contribution in [3.05, 3.63) is 107 Å². The highest BCUT2D eigenvalue weighted by atomic mass is 35.5. The van der Waals surface area contributed by atoms with Gasteiger partial charge in [-0.3, -0.25) is 4.79 Å². The van der Waals surface area contributed by atoms with Crippen molar-refractivity contribution < 1.29 is 9.90 Å². The van der Waals surface area contributed by atoms with E-state index in [1.54, 1.807) is 0 Å². The Morgan fingerprint density at radius 2 is 1.32 bits per heavy atom. The van der Waals surface area contributed by atoms with Crippen LogP contribution < -0.4 is 0 Å². The van der Waals surface area contributed by atoms with Gasteiger partial charge >= 0.3 is 0 Å². The van der Waals surface area contributed by atoms with Gasteiger partial charge in [-0.1, -0.05) is 84.4 Å². The molecule has 4 nitrogen and oxygen atoms in total. The third kappa shape index (κ3) is 5.73. The molecular weight excluding hydrogens is 503 g/mol. The van der Waals surface area contributed by atoms with E-state index in [2.05, 4.69) is 34.1 Å². The number of carbonyl (C=O) groups is 1. The summed E-state index contributed by atoms with van der Waals surface area (Å²) in [7, 11) is 0. The van der Waals surface area contributed by atoms with Gasteiger partial charge in [0.25, 0.3) is 0 Å². The molecule has 1 amide bonds. The molecule has 0 aliphatic carbocycles. The normalized spacial score (nSPS) is 17.8. The molecule has 3 aromatic rings. The highest BCUT2D eigenvalue weighted by Gasteiger charge is 2.45. The standard InChI is InChI=1S/C31H35ClN2O2.ClH/c32-28-15-13-25(14-16-28)30(36)17-22-33(23-18-30)24-19-31(26-9-3-1-4-10-26,27-11-5-2-6-12-27)29(35)34-20-7-8-21-34;/h1-6,9-16,36H,7-8,17-24H2;1H. The van der Waals surface area contributed by atoms with Crippen LogP contribution >= 0.6 is 24.0 Å². The molecule has 0 radical (unpaired) electrons. The molecule has 5 rings (SSSR count). The Labute approximate surface area is 231 Å². The summed E-state index contributed by atoms with van der Waals surface area (Å²) in [6.45, 7) is 4.03. The molecule has 2 aliphatic heterocycles. The summed E-state index contributed by atoms with van der Waals surface area (Å²) < 4.78 is 0. The SMILES string of the molecule is Cl.O=C(N1CCCC1)C(CCN1CCC(O)(c2ccc(Cl)cc2)CC1)(c1ccccc1)c1ccccc1. The molecule has 2 heterocycles. The van der Waals surface area contributed by atoms with Crippen LogP contribution in [0.2, 0.25) is 5.02 Å². The van der Waals surface area contributed by atoms with Gasteiger partial charge in [0.1, 0.15) is 5.41 Å². The first-order valence-electron chi connectivity index (χ1n) is 13.1. The summed E-state index contributed by atoms with van der Waals surface area (Å²) in [6.07, 6.45) is 4.17. The van der Waals surface area contributed by atoms with Crippen molar-refractivity contribution in [2.45, 2.75) is 43.1 Å². The van der Waals surface area contributed by atoms with Gasteiger partial charge in [0.15, 0.2) is 0 Å². The molecular formula is C31H36Cl2N2O2. The van der Waals surface area contributed by atoms with Crippen LogP contribution in [0, 0.1) is 0 Å². The van der Waals surface area contributed by atoms with Gasteiger partial charge in [0.2, 0.25) is 5.91 Å². The van der Waals surface area contributed by atoms with E-state index in [0.29, 0.717) is 24.3 Å². The first-order chi connectivity index (χ1) is 17.5. The summed E-state index contributed by atoms with van der Waals surface area (Å²) >= 11 is 6.06. The van der Waals surface area contributed by atoms with Gasteiger partial charge in [0.05, 0.1) is 5.60 Å². The van der Waals surface area contributed by atoms with Crippen LogP contribution in [0.5, 0.6) is 0 Å². The Balaban J connectivity index is 0.00000320. The van der Waals surface area contributed by atoms with Gasteiger partial charge in [0, 0.05) is 31.2 Å². The highest BCUT2D eigenvalue weighted by Crippen LogP contribution is 2.40. The molecule has 2 fully saturated rings. The summed E-state index contributed by atoms with van der Waals surface area (Å²) in [5.74, 6) is 0.215. The lowest BCUT2D eigenvalue weighted by atomic mass is 9.70. The number of benzene rings is 3. The number of rotatable bonds is 7. The van der Waals surface area contributed by atoms with E-state index in [0.717, 1.165) is 62.3 Å². The average molecular weight is 540 g/mol. The smallest absolute Gasteiger partial charge is 0.237 e. The number of hydrogen-bond donors (Lipinski definition) is 1. The summed E-state index contributed by atoms with van der Waals surface area (Å²) in [5.41, 5.74) is 1.49. The Morgan fingerprint density at radius 3 is 1.84 bits per heavy atom. The Hall–Kier alpha value is -2.37. The van der Waals surface area contributed by atoms with Crippen LogP contribution in [0.1, 0.15) is 48.8 Å². The molecule has 3 aromatic carbocycles. The van der Waals surface area contributed by atoms with Crippen molar-refractivity contribution in [2.24, 2.45) is 0 Å². The minimum Gasteiger partial charge on any atom is -0.385 e. The van der Waals surface area contributed by atoms with Crippen molar-refractivity contribution in [1.29, 1.82) is 0 Å². The minimum atomic E-state index is -0.831. The predicted octanol–water partition coefficient (Wildman–Crippen LogP) is 6.04. The highest BCUT2D eigenvalue weighted by molar-refractivity contribution is 6.30. The number of aliphatic hydroxyl groups is 1. The van der Waals surface area contributed by atoms with E-state index in [9.17, 15) is 9.90 Å². The fraction of sp³-hybridized carbons (Fsp3) is 0.387. The van der Waals surface area contributed by atoms with E-state index in [1.165, 1.54) is 0 Å². The van der Waals surface area contributed by atoms with Crippen LogP contribution in [-0.2, 0) is 15.8 Å². The zero-order chi connectivity index (χ0) is 25.0. The minimum absolute atomic E-state index is 0. The van der Waals surface area contributed by atoms with Crippen LogP contribution in [0.25, 0.3) is 0 Å². The molecule has 2 saturated heterocycles. The summed E-state index contributed by atoms with van der Waals surface area (Å²) in [6, 6.07) is 28.2. The molecule has 0 saturated carbocycles.